The first-order valence-corrected chi connectivity index (χ1v) is 13.8. The summed E-state index contributed by atoms with van der Waals surface area (Å²) >= 11 is 0. The Morgan fingerprint density at radius 1 is 1.21 bits per heavy atom. The molecule has 198 valence electrons. The summed E-state index contributed by atoms with van der Waals surface area (Å²) in [4.78, 5) is 14.4. The molecule has 1 aliphatic carbocycles. The zero-order chi connectivity index (χ0) is 26.4. The number of hydrogen-bond donors (Lipinski definition) is 1. The van der Waals surface area contributed by atoms with Gasteiger partial charge in [-0.2, -0.15) is 9.97 Å². The lowest BCUT2D eigenvalue weighted by Crippen LogP contribution is -2.38. The van der Waals surface area contributed by atoms with Gasteiger partial charge in [-0.15, -0.1) is 6.42 Å². The predicted molar refractivity (Wildman–Crippen MR) is 148 cm³/mol. The summed E-state index contributed by atoms with van der Waals surface area (Å²) in [5, 5.41) is 11.9. The first kappa shape index (κ1) is 24.8. The number of phenolic OH excluding ortho intramolecular Hbond substituents is 1. The first-order chi connectivity index (χ1) is 18.4. The Morgan fingerprint density at radius 3 is 2.79 bits per heavy atom. The van der Waals surface area contributed by atoms with Crippen LogP contribution < -0.4 is 14.5 Å². The topological polar surface area (TPSA) is 61.7 Å². The van der Waals surface area contributed by atoms with Gasteiger partial charge in [-0.3, -0.25) is 0 Å². The Kier molecular flexibility index (Phi) is 6.29. The number of phenols is 1. The van der Waals surface area contributed by atoms with Gasteiger partial charge in [-0.1, -0.05) is 25.8 Å². The van der Waals surface area contributed by atoms with Gasteiger partial charge < -0.3 is 19.6 Å². The van der Waals surface area contributed by atoms with Crippen LogP contribution in [0.4, 0.5) is 15.9 Å². The van der Waals surface area contributed by atoms with E-state index < -0.39 is 5.82 Å². The van der Waals surface area contributed by atoms with Gasteiger partial charge >= 0.3 is 6.01 Å². The third kappa shape index (κ3) is 4.51. The molecule has 0 radical (unpaired) electrons. The van der Waals surface area contributed by atoms with Crippen LogP contribution in [0.2, 0.25) is 0 Å². The molecule has 7 heteroatoms. The van der Waals surface area contributed by atoms with E-state index >= 15 is 0 Å². The largest absolute Gasteiger partial charge is 0.508 e. The molecule has 3 aromatic rings. The standard InChI is InChI=1S/C31H35FN4O2/c1-4-23-25(32)9-8-21-15-22(37)16-27(28(21)23)35-14-10-24-26(18-35)33-30(38-19-31(5-2)11-12-31)34-29(24)36-13-6-7-20(3)17-36/h1,8-9,15-16,20,37H,5-7,10-14,17-19H2,2-3H3. The fraction of sp³-hybridized carbons (Fsp3) is 0.484. The van der Waals surface area contributed by atoms with Crippen molar-refractivity contribution in [2.45, 2.75) is 58.9 Å². The number of aromatic hydroxyl groups is 1. The molecule has 1 saturated carbocycles. The van der Waals surface area contributed by atoms with Crippen molar-refractivity contribution in [2.75, 3.05) is 36.0 Å². The fourth-order valence-electron chi connectivity index (χ4n) is 6.09. The van der Waals surface area contributed by atoms with Crippen LogP contribution in [0.25, 0.3) is 10.8 Å². The Labute approximate surface area is 223 Å². The lowest BCUT2D eigenvalue weighted by Gasteiger charge is -2.37. The van der Waals surface area contributed by atoms with E-state index in [0.717, 1.165) is 55.1 Å². The number of rotatable bonds is 6. The van der Waals surface area contributed by atoms with Crippen molar-refractivity contribution in [2.24, 2.45) is 11.3 Å². The maximum Gasteiger partial charge on any atom is 0.318 e. The normalized spacial score (nSPS) is 20.2. The highest BCUT2D eigenvalue weighted by molar-refractivity contribution is 6.00. The van der Waals surface area contributed by atoms with Crippen molar-refractivity contribution in [3.8, 4) is 24.1 Å². The van der Waals surface area contributed by atoms with Gasteiger partial charge in [0.1, 0.15) is 17.4 Å². The molecule has 1 N–H and O–H groups in total. The molecule has 1 aromatic heterocycles. The van der Waals surface area contributed by atoms with Crippen LogP contribution >= 0.6 is 0 Å². The van der Waals surface area contributed by atoms with Gasteiger partial charge in [-0.25, -0.2) is 4.39 Å². The van der Waals surface area contributed by atoms with Gasteiger partial charge in [0.05, 0.1) is 24.4 Å². The zero-order valence-electron chi connectivity index (χ0n) is 22.3. The number of nitrogens with zero attached hydrogens (tertiary/aromatic N) is 4. The summed E-state index contributed by atoms with van der Waals surface area (Å²) in [5.74, 6) is 3.82. The molecule has 1 atom stereocenters. The van der Waals surface area contributed by atoms with Gasteiger partial charge in [-0.05, 0) is 62.0 Å². The van der Waals surface area contributed by atoms with Crippen LogP contribution in [0, 0.1) is 29.5 Å². The Bertz CT molecular complexity index is 1430. The molecule has 0 spiro atoms. The number of anilines is 2. The molecule has 6 nitrogen and oxygen atoms in total. The number of ether oxygens (including phenoxy) is 1. The SMILES string of the molecule is C#Cc1c(F)ccc2cc(O)cc(N3CCc4c(nc(OCC5(CC)CC5)nc4N4CCCC(C)C4)C3)c12. The van der Waals surface area contributed by atoms with Gasteiger partial charge in [0.2, 0.25) is 0 Å². The minimum absolute atomic E-state index is 0.122. The minimum atomic E-state index is -0.436. The third-order valence-corrected chi connectivity index (χ3v) is 8.71. The lowest BCUT2D eigenvalue weighted by atomic mass is 9.97. The van der Waals surface area contributed by atoms with Crippen molar-refractivity contribution in [1.82, 2.24) is 9.97 Å². The molecule has 0 bridgehead atoms. The first-order valence-electron chi connectivity index (χ1n) is 13.8. The van der Waals surface area contributed by atoms with Crippen LogP contribution in [0.15, 0.2) is 24.3 Å². The zero-order valence-corrected chi connectivity index (χ0v) is 22.3. The van der Waals surface area contributed by atoms with Crippen LogP contribution in [-0.2, 0) is 13.0 Å². The fourth-order valence-corrected chi connectivity index (χ4v) is 6.09. The number of fused-ring (bicyclic) bond motifs is 2. The molecule has 6 rings (SSSR count). The van der Waals surface area contributed by atoms with E-state index in [1.165, 1.54) is 25.3 Å². The Hall–Kier alpha value is -3.53. The average molecular weight is 515 g/mol. The van der Waals surface area contributed by atoms with Gasteiger partial charge in [0, 0.05) is 47.8 Å². The molecule has 3 heterocycles. The second-order valence-electron chi connectivity index (χ2n) is 11.4. The summed E-state index contributed by atoms with van der Waals surface area (Å²) in [5.41, 5.74) is 3.28. The highest BCUT2D eigenvalue weighted by atomic mass is 19.1. The van der Waals surface area contributed by atoms with E-state index in [9.17, 15) is 9.50 Å². The molecular weight excluding hydrogens is 479 g/mol. The van der Waals surface area contributed by atoms with Crippen molar-refractivity contribution in [3.63, 3.8) is 0 Å². The average Bonchev–Trinajstić information content (AvgIpc) is 3.71. The quantitative estimate of drug-likeness (QED) is 0.418. The number of hydrogen-bond acceptors (Lipinski definition) is 6. The number of piperidine rings is 1. The summed E-state index contributed by atoms with van der Waals surface area (Å²) in [6.45, 7) is 8.31. The van der Waals surface area contributed by atoms with E-state index in [0.29, 0.717) is 42.4 Å². The van der Waals surface area contributed by atoms with E-state index in [1.807, 2.05) is 0 Å². The molecule has 3 aliphatic rings. The van der Waals surface area contributed by atoms with E-state index in [4.69, 9.17) is 21.1 Å². The van der Waals surface area contributed by atoms with Crippen LogP contribution in [0.5, 0.6) is 11.8 Å². The van der Waals surface area contributed by atoms with Gasteiger partial charge in [0.15, 0.2) is 0 Å². The van der Waals surface area contributed by atoms with Crippen LogP contribution in [0.3, 0.4) is 0 Å². The lowest BCUT2D eigenvalue weighted by molar-refractivity contribution is 0.213. The van der Waals surface area contributed by atoms with Crippen molar-refractivity contribution >= 4 is 22.3 Å². The number of terminal acetylenes is 1. The highest BCUT2D eigenvalue weighted by Crippen LogP contribution is 2.48. The maximum atomic E-state index is 14.7. The second-order valence-corrected chi connectivity index (χ2v) is 11.4. The predicted octanol–water partition coefficient (Wildman–Crippen LogP) is 5.82. The summed E-state index contributed by atoms with van der Waals surface area (Å²) < 4.78 is 20.9. The third-order valence-electron chi connectivity index (χ3n) is 8.71. The van der Waals surface area contributed by atoms with Crippen LogP contribution in [0.1, 0.15) is 62.8 Å². The van der Waals surface area contributed by atoms with Crippen molar-refractivity contribution in [1.29, 1.82) is 0 Å². The Morgan fingerprint density at radius 2 is 2.05 bits per heavy atom. The number of benzene rings is 2. The molecule has 38 heavy (non-hydrogen) atoms. The smallest absolute Gasteiger partial charge is 0.318 e. The second kappa shape index (κ2) is 9.65. The van der Waals surface area contributed by atoms with E-state index in [-0.39, 0.29) is 16.7 Å². The Balaban J connectivity index is 1.40. The monoisotopic (exact) mass is 514 g/mol. The van der Waals surface area contributed by atoms with Crippen molar-refractivity contribution in [3.05, 3.63) is 46.9 Å². The van der Waals surface area contributed by atoms with E-state index in [1.54, 1.807) is 18.2 Å². The van der Waals surface area contributed by atoms with Gasteiger partial charge in [0.25, 0.3) is 0 Å². The minimum Gasteiger partial charge on any atom is -0.508 e. The van der Waals surface area contributed by atoms with E-state index in [2.05, 4.69) is 29.6 Å². The van der Waals surface area contributed by atoms with Crippen molar-refractivity contribution < 1.29 is 14.2 Å². The number of aromatic nitrogens is 2. The highest BCUT2D eigenvalue weighted by Gasteiger charge is 2.42. The maximum absolute atomic E-state index is 14.7. The number of halogens is 1. The molecule has 1 unspecified atom stereocenters. The molecule has 1 saturated heterocycles. The molecule has 0 amide bonds. The molecule has 2 aliphatic heterocycles. The summed E-state index contributed by atoms with van der Waals surface area (Å²) in [6, 6.07) is 6.77. The summed E-state index contributed by atoms with van der Waals surface area (Å²) in [6.07, 6.45) is 12.3. The van der Waals surface area contributed by atoms with Crippen LogP contribution in [-0.4, -0.2) is 41.3 Å². The molecular formula is C31H35FN4O2. The molecule has 2 aromatic carbocycles. The summed E-state index contributed by atoms with van der Waals surface area (Å²) in [7, 11) is 0. The molecule has 2 fully saturated rings.